The number of aliphatic imine (C=N–C) groups is 1. The highest BCUT2D eigenvalue weighted by Crippen LogP contribution is 2.19. The lowest BCUT2D eigenvalue weighted by Gasteiger charge is -2.32. The molecule has 156 valence electrons. The van der Waals surface area contributed by atoms with Crippen molar-refractivity contribution in [2.75, 3.05) is 19.7 Å². The maximum absolute atomic E-state index is 12.4. The van der Waals surface area contributed by atoms with Crippen LogP contribution < -0.4 is 10.1 Å². The zero-order valence-electron chi connectivity index (χ0n) is 17.4. The summed E-state index contributed by atoms with van der Waals surface area (Å²) < 4.78 is 5.80. The molecule has 0 aliphatic carbocycles. The Morgan fingerprint density at radius 2 is 2.03 bits per heavy atom. The molecule has 1 heterocycles. The van der Waals surface area contributed by atoms with Crippen molar-refractivity contribution in [1.82, 2.24) is 10.2 Å². The molecule has 1 fully saturated rings. The topological polar surface area (TPSA) is 71.0 Å². The van der Waals surface area contributed by atoms with Crippen LogP contribution in [0.4, 0.5) is 0 Å². The van der Waals surface area contributed by atoms with E-state index in [0.29, 0.717) is 38.1 Å². The Hall–Kier alpha value is -2.89. The van der Waals surface area contributed by atoms with E-state index < -0.39 is 0 Å². The van der Waals surface area contributed by atoms with E-state index >= 15 is 0 Å². The maximum atomic E-state index is 12.4. The van der Waals surface area contributed by atoms with Crippen LogP contribution in [0, 0.1) is 13.8 Å². The van der Waals surface area contributed by atoms with Gasteiger partial charge in [-0.15, -0.1) is 0 Å². The van der Waals surface area contributed by atoms with Gasteiger partial charge in [0.1, 0.15) is 5.75 Å². The monoisotopic (exact) mass is 397 g/mol. The van der Waals surface area contributed by atoms with Crippen molar-refractivity contribution in [3.8, 4) is 5.75 Å². The summed E-state index contributed by atoms with van der Waals surface area (Å²) in [5.74, 6) is 0.810. The van der Waals surface area contributed by atoms with Gasteiger partial charge in [0.05, 0.1) is 12.2 Å². The van der Waals surface area contributed by atoms with Crippen molar-refractivity contribution < 1.29 is 14.3 Å². The highest BCUT2D eigenvalue weighted by atomic mass is 16.5. The molecule has 0 radical (unpaired) electrons. The lowest BCUT2D eigenvalue weighted by atomic mass is 10.0. The molecule has 1 aromatic carbocycles. The zero-order valence-corrected chi connectivity index (χ0v) is 17.4. The van der Waals surface area contributed by atoms with Crippen molar-refractivity contribution in [3.05, 3.63) is 53.8 Å². The van der Waals surface area contributed by atoms with Gasteiger partial charge in [-0.1, -0.05) is 24.8 Å². The van der Waals surface area contributed by atoms with E-state index in [1.54, 1.807) is 4.90 Å². The van der Waals surface area contributed by atoms with Crippen LogP contribution in [0.25, 0.3) is 0 Å². The van der Waals surface area contributed by atoms with Crippen LogP contribution in [0.1, 0.15) is 36.8 Å². The molecule has 0 bridgehead atoms. The van der Waals surface area contributed by atoms with E-state index in [2.05, 4.69) is 29.7 Å². The fraction of sp³-hybridized carbons (Fsp3) is 0.435. The predicted octanol–water partition coefficient (Wildman–Crippen LogP) is 3.34. The van der Waals surface area contributed by atoms with Crippen molar-refractivity contribution in [3.63, 3.8) is 0 Å². The van der Waals surface area contributed by atoms with Crippen molar-refractivity contribution in [1.29, 1.82) is 0 Å². The molecule has 1 aliphatic heterocycles. The maximum Gasteiger partial charge on any atom is 0.255 e. The molecule has 0 atom stereocenters. The van der Waals surface area contributed by atoms with Crippen molar-refractivity contribution in [2.24, 2.45) is 4.99 Å². The second kappa shape index (κ2) is 11.2. The van der Waals surface area contributed by atoms with Gasteiger partial charge in [-0.3, -0.25) is 14.6 Å². The SMILES string of the molecule is C=C/C(=C\N=C)C(=O)N1CCC(NC(=O)CCCOc2cc(C)ccc2C)CC1. The number of rotatable bonds is 9. The quantitative estimate of drug-likeness (QED) is 0.301. The molecule has 0 spiro atoms. The summed E-state index contributed by atoms with van der Waals surface area (Å²) >= 11 is 0. The summed E-state index contributed by atoms with van der Waals surface area (Å²) in [5, 5.41) is 3.07. The summed E-state index contributed by atoms with van der Waals surface area (Å²) in [5.41, 5.74) is 2.69. The Morgan fingerprint density at radius 1 is 1.31 bits per heavy atom. The largest absolute Gasteiger partial charge is 0.493 e. The number of carbonyl (C=O) groups is 2. The number of carbonyl (C=O) groups excluding carboxylic acids is 2. The van der Waals surface area contributed by atoms with Crippen LogP contribution in [0.15, 0.2) is 47.6 Å². The van der Waals surface area contributed by atoms with Gasteiger partial charge in [0.2, 0.25) is 5.91 Å². The Labute approximate surface area is 173 Å². The van der Waals surface area contributed by atoms with Gasteiger partial charge in [0.25, 0.3) is 5.91 Å². The minimum Gasteiger partial charge on any atom is -0.493 e. The lowest BCUT2D eigenvalue weighted by Crippen LogP contribution is -2.46. The number of ether oxygens (including phenoxy) is 1. The molecule has 2 rings (SSSR count). The Balaban J connectivity index is 1.68. The van der Waals surface area contributed by atoms with Gasteiger partial charge in [-0.25, -0.2) is 0 Å². The van der Waals surface area contributed by atoms with Crippen LogP contribution in [0.5, 0.6) is 5.75 Å². The van der Waals surface area contributed by atoms with E-state index in [9.17, 15) is 9.59 Å². The minimum absolute atomic E-state index is 0.0295. The van der Waals surface area contributed by atoms with Gasteiger partial charge in [-0.2, -0.15) is 0 Å². The van der Waals surface area contributed by atoms with Crippen LogP contribution in [-0.4, -0.2) is 49.2 Å². The smallest absolute Gasteiger partial charge is 0.255 e. The van der Waals surface area contributed by atoms with E-state index in [1.165, 1.54) is 12.3 Å². The van der Waals surface area contributed by atoms with E-state index in [4.69, 9.17) is 4.74 Å². The highest BCUT2D eigenvalue weighted by Gasteiger charge is 2.24. The standard InChI is InChI=1S/C23H31N3O3/c1-5-19(16-24-4)23(28)26-12-10-20(11-13-26)25-22(27)7-6-14-29-21-15-17(2)8-9-18(21)3/h5,8-9,15-16,20H,1,4,6-7,10-14H2,2-3H3,(H,25,27)/b19-16+. The van der Waals surface area contributed by atoms with Crippen LogP contribution >= 0.6 is 0 Å². The second-order valence-corrected chi connectivity index (χ2v) is 7.33. The number of piperidine rings is 1. The number of benzene rings is 1. The first kappa shape index (κ1) is 22.4. The number of hydrogen-bond donors (Lipinski definition) is 1. The van der Waals surface area contributed by atoms with Gasteiger partial charge in [0.15, 0.2) is 0 Å². The predicted molar refractivity (Wildman–Crippen MR) is 116 cm³/mol. The minimum atomic E-state index is -0.0965. The van der Waals surface area contributed by atoms with Crippen LogP contribution in [0.3, 0.4) is 0 Å². The van der Waals surface area contributed by atoms with Crippen LogP contribution in [0.2, 0.25) is 0 Å². The van der Waals surface area contributed by atoms with Crippen molar-refractivity contribution in [2.45, 2.75) is 45.6 Å². The normalized spacial score (nSPS) is 15.0. The Kier molecular flexibility index (Phi) is 8.65. The number of aryl methyl sites for hydroxylation is 2. The molecule has 6 nitrogen and oxygen atoms in total. The Morgan fingerprint density at radius 3 is 2.69 bits per heavy atom. The fourth-order valence-corrected chi connectivity index (χ4v) is 3.28. The van der Waals surface area contributed by atoms with Crippen molar-refractivity contribution >= 4 is 18.5 Å². The zero-order chi connectivity index (χ0) is 21.2. The molecule has 1 aliphatic rings. The third-order valence-corrected chi connectivity index (χ3v) is 4.99. The highest BCUT2D eigenvalue weighted by molar-refractivity contribution is 5.96. The molecule has 6 heteroatoms. The molecule has 0 saturated carbocycles. The first-order chi connectivity index (χ1) is 13.9. The van der Waals surface area contributed by atoms with Gasteiger partial charge in [0, 0.05) is 31.8 Å². The molecule has 1 saturated heterocycles. The lowest BCUT2D eigenvalue weighted by molar-refractivity contribution is -0.128. The molecule has 1 aromatic rings. The number of nitrogens with one attached hydrogen (secondary N) is 1. The summed E-state index contributed by atoms with van der Waals surface area (Å²) in [6.45, 7) is 12.8. The number of amides is 2. The van der Waals surface area contributed by atoms with Crippen LogP contribution in [-0.2, 0) is 9.59 Å². The van der Waals surface area contributed by atoms with E-state index in [1.807, 2.05) is 26.0 Å². The molecule has 29 heavy (non-hydrogen) atoms. The fourth-order valence-electron chi connectivity index (χ4n) is 3.28. The summed E-state index contributed by atoms with van der Waals surface area (Å²) in [6, 6.07) is 6.21. The Bertz CT molecular complexity index is 778. The molecular formula is C23H31N3O3. The summed E-state index contributed by atoms with van der Waals surface area (Å²) in [7, 11) is 0. The first-order valence-electron chi connectivity index (χ1n) is 10.0. The number of hydrogen-bond acceptors (Lipinski definition) is 4. The molecular weight excluding hydrogens is 366 g/mol. The third kappa shape index (κ3) is 6.89. The number of nitrogens with zero attached hydrogens (tertiary/aromatic N) is 2. The van der Waals surface area contributed by atoms with Gasteiger partial charge in [-0.05, 0) is 57.0 Å². The summed E-state index contributed by atoms with van der Waals surface area (Å²) in [6.07, 6.45) is 5.48. The van der Waals surface area contributed by atoms with Gasteiger partial charge < -0.3 is 15.0 Å². The molecule has 2 amide bonds. The molecule has 1 N–H and O–H groups in total. The average molecular weight is 398 g/mol. The number of likely N-dealkylation sites (tertiary alicyclic amines) is 1. The summed E-state index contributed by atoms with van der Waals surface area (Å²) in [4.78, 5) is 30.0. The second-order valence-electron chi connectivity index (χ2n) is 7.33. The molecule has 0 aromatic heterocycles. The molecule has 0 unspecified atom stereocenters. The third-order valence-electron chi connectivity index (χ3n) is 4.99. The van der Waals surface area contributed by atoms with Gasteiger partial charge >= 0.3 is 0 Å². The van der Waals surface area contributed by atoms with E-state index in [-0.39, 0.29) is 17.9 Å². The first-order valence-corrected chi connectivity index (χ1v) is 10.0. The average Bonchev–Trinajstić information content (AvgIpc) is 2.72. The van der Waals surface area contributed by atoms with E-state index in [0.717, 1.165) is 29.7 Å².